The zero-order valence-corrected chi connectivity index (χ0v) is 16.1. The molecule has 2 aromatic heterocycles. The quantitative estimate of drug-likeness (QED) is 0.323. The van der Waals surface area contributed by atoms with Crippen LogP contribution in [-0.4, -0.2) is 32.3 Å². The fourth-order valence-corrected chi connectivity index (χ4v) is 2.37. The third kappa shape index (κ3) is 4.47. The maximum absolute atomic E-state index is 4.61. The molecule has 0 unspecified atom stereocenters. The highest BCUT2D eigenvalue weighted by Gasteiger charge is 2.04. The normalized spacial score (nSPS) is 11.3. The van der Waals surface area contributed by atoms with Crippen LogP contribution >= 0.6 is 24.0 Å². The van der Waals surface area contributed by atoms with E-state index in [1.165, 1.54) is 5.39 Å². The van der Waals surface area contributed by atoms with Gasteiger partial charge in [-0.05, 0) is 24.4 Å². The molecule has 0 spiro atoms. The van der Waals surface area contributed by atoms with Crippen molar-refractivity contribution in [2.24, 2.45) is 12.0 Å². The summed E-state index contributed by atoms with van der Waals surface area (Å²) >= 11 is 0. The summed E-state index contributed by atoms with van der Waals surface area (Å²) in [6.07, 6.45) is 1.55. The average molecular weight is 439 g/mol. The van der Waals surface area contributed by atoms with Crippen molar-refractivity contribution in [3.63, 3.8) is 0 Å². The Morgan fingerprint density at radius 2 is 2.12 bits per heavy atom. The molecule has 0 saturated heterocycles. The van der Waals surface area contributed by atoms with Crippen molar-refractivity contribution >= 4 is 40.8 Å². The molecule has 0 bridgehead atoms. The molecule has 24 heavy (non-hydrogen) atoms. The monoisotopic (exact) mass is 439 g/mol. The molecule has 3 rings (SSSR count). The number of aliphatic imine (C=N–C) groups is 1. The number of H-pyrrole nitrogens is 1. The fourth-order valence-electron chi connectivity index (χ4n) is 2.37. The van der Waals surface area contributed by atoms with Gasteiger partial charge in [0.05, 0.1) is 13.1 Å². The summed E-state index contributed by atoms with van der Waals surface area (Å²) in [4.78, 5) is 12.2. The first kappa shape index (κ1) is 18.2. The first-order valence-corrected chi connectivity index (χ1v) is 7.68. The highest BCUT2D eigenvalue weighted by atomic mass is 127. The minimum Gasteiger partial charge on any atom is -0.357 e. The van der Waals surface area contributed by atoms with Crippen LogP contribution in [-0.2, 0) is 20.1 Å². The first-order chi connectivity index (χ1) is 11.3. The average Bonchev–Trinajstić information content (AvgIpc) is 3.15. The van der Waals surface area contributed by atoms with Crippen molar-refractivity contribution in [1.29, 1.82) is 0 Å². The Labute approximate surface area is 158 Å². The third-order valence-electron chi connectivity index (χ3n) is 3.56. The smallest absolute Gasteiger partial charge is 0.192 e. The van der Waals surface area contributed by atoms with Gasteiger partial charge >= 0.3 is 0 Å². The SMILES string of the molecule is CCNC(=NCc1cc2ccccc2[nH]1)NCc1ncnn1C.I. The number of halogens is 1. The van der Waals surface area contributed by atoms with E-state index < -0.39 is 0 Å². The number of para-hydroxylation sites is 1. The van der Waals surface area contributed by atoms with Gasteiger partial charge in [0, 0.05) is 24.8 Å². The maximum atomic E-state index is 4.61. The van der Waals surface area contributed by atoms with E-state index >= 15 is 0 Å². The second kappa shape index (κ2) is 8.67. The number of fused-ring (bicyclic) bond motifs is 1. The summed E-state index contributed by atoms with van der Waals surface area (Å²) in [7, 11) is 1.87. The Hall–Kier alpha value is -2.10. The van der Waals surface area contributed by atoms with Gasteiger partial charge in [-0.1, -0.05) is 18.2 Å². The number of benzene rings is 1. The van der Waals surface area contributed by atoms with Gasteiger partial charge < -0.3 is 15.6 Å². The zero-order chi connectivity index (χ0) is 16.1. The summed E-state index contributed by atoms with van der Waals surface area (Å²) in [5.74, 6) is 1.62. The number of aromatic amines is 1. The summed E-state index contributed by atoms with van der Waals surface area (Å²) in [5.41, 5.74) is 2.22. The lowest BCUT2D eigenvalue weighted by Gasteiger charge is -2.10. The molecule has 0 fully saturated rings. The molecule has 0 saturated carbocycles. The third-order valence-corrected chi connectivity index (χ3v) is 3.56. The van der Waals surface area contributed by atoms with E-state index in [2.05, 4.69) is 48.9 Å². The van der Waals surface area contributed by atoms with Gasteiger partial charge in [-0.3, -0.25) is 4.68 Å². The molecule has 7 nitrogen and oxygen atoms in total. The number of hydrogen-bond acceptors (Lipinski definition) is 3. The van der Waals surface area contributed by atoms with Gasteiger partial charge in [0.2, 0.25) is 0 Å². The predicted molar refractivity (Wildman–Crippen MR) is 106 cm³/mol. The molecule has 0 radical (unpaired) electrons. The number of rotatable bonds is 5. The second-order valence-electron chi connectivity index (χ2n) is 5.23. The van der Waals surface area contributed by atoms with Crippen LogP contribution in [0.2, 0.25) is 0 Å². The molecule has 3 N–H and O–H groups in total. The number of guanidine groups is 1. The molecule has 3 aromatic rings. The minimum atomic E-state index is 0. The second-order valence-corrected chi connectivity index (χ2v) is 5.23. The van der Waals surface area contributed by atoms with E-state index in [1.54, 1.807) is 11.0 Å². The van der Waals surface area contributed by atoms with E-state index in [-0.39, 0.29) is 24.0 Å². The maximum Gasteiger partial charge on any atom is 0.192 e. The topological polar surface area (TPSA) is 82.9 Å². The lowest BCUT2D eigenvalue weighted by molar-refractivity contribution is 0.673. The Morgan fingerprint density at radius 3 is 2.83 bits per heavy atom. The largest absolute Gasteiger partial charge is 0.357 e. The van der Waals surface area contributed by atoms with Crippen molar-refractivity contribution in [3.8, 4) is 0 Å². The predicted octanol–water partition coefficient (Wildman–Crippen LogP) is 2.17. The molecule has 0 aliphatic rings. The number of nitrogens with zero attached hydrogens (tertiary/aromatic N) is 4. The Kier molecular flexibility index (Phi) is 6.59. The number of hydrogen-bond donors (Lipinski definition) is 3. The van der Waals surface area contributed by atoms with Crippen LogP contribution in [0.5, 0.6) is 0 Å². The van der Waals surface area contributed by atoms with Crippen LogP contribution in [0.15, 0.2) is 41.7 Å². The number of aryl methyl sites for hydroxylation is 1. The molecule has 0 aliphatic heterocycles. The number of nitrogens with one attached hydrogen (secondary N) is 3. The van der Waals surface area contributed by atoms with Crippen LogP contribution < -0.4 is 10.6 Å². The van der Waals surface area contributed by atoms with Crippen LogP contribution in [0.3, 0.4) is 0 Å². The standard InChI is InChI=1S/C16H21N7.HI/c1-3-17-16(19-10-15-20-11-21-23(15)2)18-9-13-8-12-6-4-5-7-14(12)22-13;/h4-8,11,22H,3,9-10H2,1-2H3,(H2,17,18,19);1H. The number of aromatic nitrogens is 4. The Balaban J connectivity index is 0.00000208. The molecule has 1 aromatic carbocycles. The van der Waals surface area contributed by atoms with E-state index in [0.29, 0.717) is 13.1 Å². The molecule has 8 heteroatoms. The minimum absolute atomic E-state index is 0. The molecular formula is C16H22IN7. The Morgan fingerprint density at radius 1 is 1.29 bits per heavy atom. The molecule has 128 valence electrons. The van der Waals surface area contributed by atoms with Crippen molar-refractivity contribution in [1.82, 2.24) is 30.4 Å². The van der Waals surface area contributed by atoms with Crippen LogP contribution in [0.1, 0.15) is 18.4 Å². The molecule has 0 atom stereocenters. The highest BCUT2D eigenvalue weighted by Crippen LogP contribution is 2.14. The van der Waals surface area contributed by atoms with Crippen molar-refractivity contribution in [3.05, 3.63) is 48.2 Å². The lowest BCUT2D eigenvalue weighted by Crippen LogP contribution is -2.37. The van der Waals surface area contributed by atoms with Crippen LogP contribution in [0, 0.1) is 0 Å². The van der Waals surface area contributed by atoms with Gasteiger partial charge in [0.15, 0.2) is 5.96 Å². The summed E-state index contributed by atoms with van der Waals surface area (Å²) in [6, 6.07) is 10.4. The summed E-state index contributed by atoms with van der Waals surface area (Å²) in [5, 5.41) is 11.8. The van der Waals surface area contributed by atoms with Gasteiger partial charge in [0.25, 0.3) is 0 Å². The van der Waals surface area contributed by atoms with E-state index in [1.807, 2.05) is 26.1 Å². The molecule has 0 aliphatic carbocycles. The van der Waals surface area contributed by atoms with Gasteiger partial charge in [-0.25, -0.2) is 9.98 Å². The first-order valence-electron chi connectivity index (χ1n) is 7.68. The van der Waals surface area contributed by atoms with Gasteiger partial charge in [-0.15, -0.1) is 24.0 Å². The van der Waals surface area contributed by atoms with Gasteiger partial charge in [-0.2, -0.15) is 5.10 Å². The molecular weight excluding hydrogens is 417 g/mol. The van der Waals surface area contributed by atoms with Crippen molar-refractivity contribution in [2.75, 3.05) is 6.54 Å². The molecule has 0 amide bonds. The summed E-state index contributed by atoms with van der Waals surface area (Å²) in [6.45, 7) is 4.01. The van der Waals surface area contributed by atoms with E-state index in [4.69, 9.17) is 0 Å². The van der Waals surface area contributed by atoms with Crippen LogP contribution in [0.4, 0.5) is 0 Å². The van der Waals surface area contributed by atoms with Gasteiger partial charge in [0.1, 0.15) is 12.2 Å². The molecule has 2 heterocycles. The van der Waals surface area contributed by atoms with Crippen molar-refractivity contribution < 1.29 is 0 Å². The fraction of sp³-hybridized carbons (Fsp3) is 0.312. The Bertz CT molecular complexity index is 772. The van der Waals surface area contributed by atoms with Crippen LogP contribution in [0.25, 0.3) is 10.9 Å². The summed E-state index contributed by atoms with van der Waals surface area (Å²) < 4.78 is 1.74. The highest BCUT2D eigenvalue weighted by molar-refractivity contribution is 14.0. The lowest BCUT2D eigenvalue weighted by atomic mass is 10.2. The zero-order valence-electron chi connectivity index (χ0n) is 13.8. The van der Waals surface area contributed by atoms with E-state index in [9.17, 15) is 0 Å². The van der Waals surface area contributed by atoms with Crippen molar-refractivity contribution in [2.45, 2.75) is 20.0 Å². The van der Waals surface area contributed by atoms with E-state index in [0.717, 1.165) is 29.5 Å².